The molecule has 0 radical (unpaired) electrons. The summed E-state index contributed by atoms with van der Waals surface area (Å²) in [4.78, 5) is 12.8. The first kappa shape index (κ1) is 21.3. The highest BCUT2D eigenvalue weighted by Gasteiger charge is 2.23. The number of hydrogen-bond donors (Lipinski definition) is 4. The van der Waals surface area contributed by atoms with E-state index in [0.29, 0.717) is 11.3 Å². The van der Waals surface area contributed by atoms with E-state index in [9.17, 15) is 9.90 Å². The van der Waals surface area contributed by atoms with E-state index in [0.717, 1.165) is 5.69 Å². The van der Waals surface area contributed by atoms with E-state index in [1.54, 1.807) is 18.2 Å². The fourth-order valence-corrected chi connectivity index (χ4v) is 2.91. The maximum absolute atomic E-state index is 12.8. The molecule has 4 aromatic rings. The number of phenolic OH excluding ortho intramolecular Hbond substituents is 1. The van der Waals surface area contributed by atoms with Gasteiger partial charge in [-0.15, -0.1) is 5.10 Å². The lowest BCUT2D eigenvalue weighted by Crippen LogP contribution is -2.21. The Morgan fingerprint density at radius 1 is 1.24 bits per heavy atom. The lowest BCUT2D eigenvalue weighted by Gasteiger charge is -2.08. The van der Waals surface area contributed by atoms with Crippen LogP contribution in [0, 0.1) is 0 Å². The molecule has 0 atom stereocenters. The molecule has 0 spiro atoms. The SMILES string of the molecule is COc1cccc(/C=N\NC(=O)c2nnn(-c3nonc3N)c2CNc2ccccc2)c1O. The van der Waals surface area contributed by atoms with Crippen LogP contribution in [0.1, 0.15) is 21.7 Å². The Kier molecular flexibility index (Phi) is 6.11. The molecule has 168 valence electrons. The zero-order valence-corrected chi connectivity index (χ0v) is 17.3. The summed E-state index contributed by atoms with van der Waals surface area (Å²) in [6, 6.07) is 14.2. The molecular formula is C20H19N9O4. The Morgan fingerprint density at radius 2 is 2.06 bits per heavy atom. The number of nitrogen functional groups attached to an aromatic ring is 1. The van der Waals surface area contributed by atoms with Crippen LogP contribution < -0.4 is 21.2 Å². The zero-order chi connectivity index (χ0) is 23.2. The number of carbonyl (C=O) groups excluding carboxylic acids is 1. The van der Waals surface area contributed by atoms with Gasteiger partial charge in [0.1, 0.15) is 0 Å². The second kappa shape index (κ2) is 9.47. The fourth-order valence-electron chi connectivity index (χ4n) is 2.91. The number of nitrogens with one attached hydrogen (secondary N) is 2. The number of aromatic nitrogens is 5. The largest absolute Gasteiger partial charge is 0.504 e. The lowest BCUT2D eigenvalue weighted by molar-refractivity contribution is 0.0949. The predicted octanol–water partition coefficient (Wildman–Crippen LogP) is 1.32. The quantitative estimate of drug-likeness (QED) is 0.226. The van der Waals surface area contributed by atoms with Crippen molar-refractivity contribution >= 4 is 23.6 Å². The van der Waals surface area contributed by atoms with Crippen LogP contribution in [0.5, 0.6) is 11.5 Å². The van der Waals surface area contributed by atoms with Crippen LogP contribution in [-0.2, 0) is 6.54 Å². The number of carbonyl (C=O) groups is 1. The highest BCUT2D eigenvalue weighted by atomic mass is 16.6. The summed E-state index contributed by atoms with van der Waals surface area (Å²) < 4.78 is 11.0. The third-order valence-corrected chi connectivity index (χ3v) is 4.53. The first-order valence-electron chi connectivity index (χ1n) is 9.59. The van der Waals surface area contributed by atoms with Gasteiger partial charge < -0.3 is 20.9 Å². The number of amides is 1. The molecule has 0 saturated heterocycles. The average Bonchev–Trinajstić information content (AvgIpc) is 3.45. The monoisotopic (exact) mass is 449 g/mol. The molecule has 4 rings (SSSR count). The van der Waals surface area contributed by atoms with Gasteiger partial charge in [-0.2, -0.15) is 9.78 Å². The molecule has 0 bridgehead atoms. The van der Waals surface area contributed by atoms with Crippen LogP contribution in [0.2, 0.25) is 0 Å². The minimum absolute atomic E-state index is 0.0145. The molecule has 33 heavy (non-hydrogen) atoms. The van der Waals surface area contributed by atoms with Gasteiger partial charge in [-0.1, -0.05) is 29.5 Å². The Bertz CT molecular complexity index is 1280. The van der Waals surface area contributed by atoms with Crippen LogP contribution in [-0.4, -0.2) is 49.6 Å². The number of nitrogens with two attached hydrogens (primary N) is 1. The smallest absolute Gasteiger partial charge is 0.293 e. The van der Waals surface area contributed by atoms with E-state index < -0.39 is 5.91 Å². The van der Waals surface area contributed by atoms with E-state index in [1.165, 1.54) is 18.0 Å². The highest BCUT2D eigenvalue weighted by molar-refractivity contribution is 5.94. The Labute approximate surface area is 186 Å². The summed E-state index contributed by atoms with van der Waals surface area (Å²) in [7, 11) is 1.43. The molecule has 0 aliphatic carbocycles. The number of hydrogen-bond acceptors (Lipinski definition) is 11. The molecule has 13 heteroatoms. The maximum Gasteiger partial charge on any atom is 0.293 e. The topological polar surface area (TPSA) is 179 Å². The predicted molar refractivity (Wildman–Crippen MR) is 117 cm³/mol. The molecule has 0 unspecified atom stereocenters. The summed E-state index contributed by atoms with van der Waals surface area (Å²) >= 11 is 0. The van der Waals surface area contributed by atoms with Gasteiger partial charge in [0.25, 0.3) is 5.91 Å². The van der Waals surface area contributed by atoms with Gasteiger partial charge in [0, 0.05) is 11.3 Å². The van der Waals surface area contributed by atoms with Crippen molar-refractivity contribution in [2.24, 2.45) is 5.10 Å². The Morgan fingerprint density at radius 3 is 2.79 bits per heavy atom. The standard InChI is InChI=1S/C20H19N9O4/c1-32-15-9-5-6-12(17(15)30)10-23-25-20(31)16-14(11-22-13-7-3-2-4-8-13)29(28-24-16)19-18(21)26-33-27-19/h2-10,22,30H,11H2,1H3,(H2,21,26)(H,25,31)/b23-10-. The number of para-hydroxylation sites is 2. The van der Waals surface area contributed by atoms with Crippen LogP contribution >= 0.6 is 0 Å². The fraction of sp³-hybridized carbons (Fsp3) is 0.100. The third-order valence-electron chi connectivity index (χ3n) is 4.53. The number of aromatic hydroxyl groups is 1. The number of anilines is 2. The van der Waals surface area contributed by atoms with E-state index in [2.05, 4.69) is 41.1 Å². The summed E-state index contributed by atoms with van der Waals surface area (Å²) in [6.07, 6.45) is 1.28. The maximum atomic E-state index is 12.8. The van der Waals surface area contributed by atoms with Crippen molar-refractivity contribution in [3.63, 3.8) is 0 Å². The van der Waals surface area contributed by atoms with Gasteiger partial charge in [-0.05, 0) is 34.6 Å². The van der Waals surface area contributed by atoms with E-state index in [4.69, 9.17) is 10.5 Å². The molecule has 0 aliphatic rings. The molecule has 2 aromatic heterocycles. The van der Waals surface area contributed by atoms with Gasteiger partial charge in [-0.25, -0.2) is 10.1 Å². The number of methoxy groups -OCH3 is 1. The Balaban J connectivity index is 1.58. The molecule has 0 aliphatic heterocycles. The second-order valence-corrected chi connectivity index (χ2v) is 6.59. The summed E-state index contributed by atoms with van der Waals surface area (Å²) in [5.41, 5.74) is 9.64. The van der Waals surface area contributed by atoms with Gasteiger partial charge in [0.05, 0.1) is 25.6 Å². The van der Waals surface area contributed by atoms with Crippen molar-refractivity contribution in [1.82, 2.24) is 30.7 Å². The first-order valence-corrected chi connectivity index (χ1v) is 9.59. The molecule has 0 fully saturated rings. The van der Waals surface area contributed by atoms with Crippen molar-refractivity contribution in [3.05, 3.63) is 65.5 Å². The number of phenols is 1. The normalized spacial score (nSPS) is 10.9. The highest BCUT2D eigenvalue weighted by Crippen LogP contribution is 2.28. The van der Waals surface area contributed by atoms with Crippen LogP contribution in [0.25, 0.3) is 5.82 Å². The molecule has 5 N–H and O–H groups in total. The van der Waals surface area contributed by atoms with Crippen LogP contribution in [0.3, 0.4) is 0 Å². The number of ether oxygens (including phenoxy) is 1. The van der Waals surface area contributed by atoms with Gasteiger partial charge in [0.15, 0.2) is 17.2 Å². The summed E-state index contributed by atoms with van der Waals surface area (Å²) in [5.74, 6) is -0.387. The molecular weight excluding hydrogens is 430 g/mol. The van der Waals surface area contributed by atoms with E-state index >= 15 is 0 Å². The molecule has 1 amide bonds. The lowest BCUT2D eigenvalue weighted by atomic mass is 10.2. The molecule has 2 aromatic carbocycles. The molecule has 0 saturated carbocycles. The number of hydrazone groups is 1. The van der Waals surface area contributed by atoms with Gasteiger partial charge >= 0.3 is 0 Å². The zero-order valence-electron chi connectivity index (χ0n) is 17.3. The second-order valence-electron chi connectivity index (χ2n) is 6.59. The van der Waals surface area contributed by atoms with Crippen molar-refractivity contribution in [1.29, 1.82) is 0 Å². The number of benzene rings is 2. The van der Waals surface area contributed by atoms with E-state index in [-0.39, 0.29) is 35.4 Å². The Hall–Kier alpha value is -4.94. The minimum Gasteiger partial charge on any atom is -0.504 e. The van der Waals surface area contributed by atoms with Gasteiger partial charge in [-0.3, -0.25) is 4.79 Å². The summed E-state index contributed by atoms with van der Waals surface area (Å²) in [5, 5.41) is 32.4. The third kappa shape index (κ3) is 4.56. The number of rotatable bonds is 8. The first-order chi connectivity index (χ1) is 16.1. The minimum atomic E-state index is -0.639. The average molecular weight is 449 g/mol. The van der Waals surface area contributed by atoms with Crippen molar-refractivity contribution in [2.45, 2.75) is 6.54 Å². The molecule has 2 heterocycles. The van der Waals surface area contributed by atoms with Gasteiger partial charge in [0.2, 0.25) is 11.6 Å². The van der Waals surface area contributed by atoms with Crippen molar-refractivity contribution in [2.75, 3.05) is 18.2 Å². The van der Waals surface area contributed by atoms with Crippen molar-refractivity contribution < 1.29 is 19.3 Å². The van der Waals surface area contributed by atoms with Crippen molar-refractivity contribution in [3.8, 4) is 17.3 Å². The summed E-state index contributed by atoms with van der Waals surface area (Å²) in [6.45, 7) is 0.159. The van der Waals surface area contributed by atoms with E-state index in [1.807, 2.05) is 30.3 Å². The van der Waals surface area contributed by atoms with Crippen LogP contribution in [0.4, 0.5) is 11.5 Å². The number of nitrogens with zero attached hydrogens (tertiary/aromatic N) is 6. The molecule has 13 nitrogen and oxygen atoms in total. The van der Waals surface area contributed by atoms with Crippen LogP contribution in [0.15, 0.2) is 58.3 Å².